The lowest BCUT2D eigenvalue weighted by Gasteiger charge is -2.07. The molecule has 10 nitrogen and oxygen atoms in total. The van der Waals surface area contributed by atoms with Crippen LogP contribution in [0.4, 0.5) is 0 Å². The third-order valence-corrected chi connectivity index (χ3v) is 4.02. The van der Waals surface area contributed by atoms with Crippen LogP contribution < -0.4 is 5.32 Å². The van der Waals surface area contributed by atoms with Crippen molar-refractivity contribution in [2.24, 2.45) is 0 Å². The highest BCUT2D eigenvalue weighted by Crippen LogP contribution is 2.11. The average Bonchev–Trinajstić information content (AvgIpc) is 3.29. The third-order valence-electron chi connectivity index (χ3n) is 4.02. The van der Waals surface area contributed by atoms with Gasteiger partial charge >= 0.3 is 0 Å². The zero-order valence-electron chi connectivity index (χ0n) is 13.8. The molecule has 3 aromatic rings. The molecule has 2 N–H and O–H groups in total. The minimum absolute atomic E-state index is 0.223. The van der Waals surface area contributed by atoms with Crippen molar-refractivity contribution in [1.82, 2.24) is 45.5 Å². The Hall–Kier alpha value is -3.04. The number of aromatic nitrogens is 8. The maximum absolute atomic E-state index is 12.3. The van der Waals surface area contributed by atoms with Crippen LogP contribution in [0.1, 0.15) is 33.7 Å². The second kappa shape index (κ2) is 6.60. The van der Waals surface area contributed by atoms with Crippen LogP contribution in [0.15, 0.2) is 12.5 Å². The fraction of sp³-hybridized carbons (Fsp3) is 0.429. The number of nitrogens with zero attached hydrogens (tertiary/aromatic N) is 7. The number of carbonyl (C=O) groups excluding carboxylic acids is 1. The van der Waals surface area contributed by atoms with Gasteiger partial charge in [-0.25, -0.2) is 0 Å². The normalized spacial score (nSPS) is 11.0. The molecule has 0 aliphatic heterocycles. The van der Waals surface area contributed by atoms with E-state index in [1.54, 1.807) is 0 Å². The van der Waals surface area contributed by atoms with E-state index < -0.39 is 0 Å². The number of aryl methyl sites for hydroxylation is 2. The van der Waals surface area contributed by atoms with Gasteiger partial charge in [0.1, 0.15) is 11.9 Å². The molecule has 126 valence electrons. The molecule has 0 spiro atoms. The van der Waals surface area contributed by atoms with Crippen LogP contribution >= 0.6 is 0 Å². The van der Waals surface area contributed by atoms with E-state index in [1.807, 2.05) is 11.6 Å². The second-order valence-electron chi connectivity index (χ2n) is 5.52. The molecule has 3 aromatic heterocycles. The Morgan fingerprint density at radius 2 is 2.17 bits per heavy atom. The summed E-state index contributed by atoms with van der Waals surface area (Å²) in [4.78, 5) is 12.3. The van der Waals surface area contributed by atoms with E-state index >= 15 is 0 Å². The van der Waals surface area contributed by atoms with Crippen molar-refractivity contribution in [2.45, 2.75) is 33.7 Å². The topological polar surface area (TPSA) is 119 Å². The van der Waals surface area contributed by atoms with E-state index in [0.717, 1.165) is 24.4 Å². The van der Waals surface area contributed by atoms with Crippen LogP contribution in [0.3, 0.4) is 0 Å². The Morgan fingerprint density at radius 1 is 1.33 bits per heavy atom. The molecular formula is C14H19N9O. The molecular weight excluding hydrogens is 310 g/mol. The first-order chi connectivity index (χ1) is 11.6. The summed E-state index contributed by atoms with van der Waals surface area (Å²) < 4.78 is 3.34. The molecule has 0 saturated heterocycles. The molecule has 0 radical (unpaired) electrons. The van der Waals surface area contributed by atoms with Crippen LogP contribution in [0, 0.1) is 20.8 Å². The summed E-state index contributed by atoms with van der Waals surface area (Å²) in [6.07, 6.45) is 3.64. The zero-order chi connectivity index (χ0) is 17.1. The molecule has 0 aromatic carbocycles. The number of rotatable bonds is 6. The predicted octanol–water partition coefficient (Wildman–Crippen LogP) is 0.327. The predicted molar refractivity (Wildman–Crippen MR) is 84.7 cm³/mol. The SMILES string of the molecule is Cc1nn(CCCNC(=O)c2cn[nH]c2-n2cnnn2)c(C)c1C. The van der Waals surface area contributed by atoms with Crippen molar-refractivity contribution in [3.8, 4) is 5.82 Å². The standard InChI is InChI=1S/C14H19N9O/c1-9-10(2)19-22(11(9)3)6-4-5-15-14(24)12-7-16-18-13(12)23-8-17-20-21-23/h7-8H,4-6H2,1-3H3,(H,15,24)(H,16,18). The molecule has 0 bridgehead atoms. The zero-order valence-corrected chi connectivity index (χ0v) is 13.8. The molecule has 10 heteroatoms. The van der Waals surface area contributed by atoms with Gasteiger partial charge < -0.3 is 5.32 Å². The maximum atomic E-state index is 12.3. The van der Waals surface area contributed by atoms with E-state index in [1.165, 1.54) is 22.8 Å². The van der Waals surface area contributed by atoms with Gasteiger partial charge in [0.05, 0.1) is 11.9 Å². The van der Waals surface area contributed by atoms with Gasteiger partial charge in [-0.3, -0.25) is 14.6 Å². The van der Waals surface area contributed by atoms with E-state index in [-0.39, 0.29) is 5.91 Å². The summed E-state index contributed by atoms with van der Waals surface area (Å²) >= 11 is 0. The number of tetrazole rings is 1. The van der Waals surface area contributed by atoms with E-state index in [0.29, 0.717) is 17.9 Å². The van der Waals surface area contributed by atoms with Crippen LogP contribution in [0.5, 0.6) is 0 Å². The van der Waals surface area contributed by atoms with Crippen molar-refractivity contribution < 1.29 is 4.79 Å². The summed E-state index contributed by atoms with van der Waals surface area (Å²) in [5, 5.41) is 24.8. The van der Waals surface area contributed by atoms with Gasteiger partial charge in [-0.05, 0) is 43.2 Å². The summed E-state index contributed by atoms with van der Waals surface area (Å²) in [5.41, 5.74) is 3.81. The molecule has 0 fully saturated rings. The number of carbonyl (C=O) groups is 1. The van der Waals surface area contributed by atoms with Gasteiger partial charge in [-0.15, -0.1) is 5.10 Å². The number of aromatic amines is 1. The molecule has 24 heavy (non-hydrogen) atoms. The summed E-state index contributed by atoms with van der Waals surface area (Å²) in [5.74, 6) is 0.213. The first-order valence-corrected chi connectivity index (χ1v) is 7.63. The van der Waals surface area contributed by atoms with E-state index in [4.69, 9.17) is 0 Å². The number of H-pyrrole nitrogens is 1. The first-order valence-electron chi connectivity index (χ1n) is 7.63. The largest absolute Gasteiger partial charge is 0.352 e. The van der Waals surface area contributed by atoms with Crippen molar-refractivity contribution in [3.63, 3.8) is 0 Å². The van der Waals surface area contributed by atoms with Crippen molar-refractivity contribution in [3.05, 3.63) is 35.0 Å². The maximum Gasteiger partial charge on any atom is 0.256 e. The van der Waals surface area contributed by atoms with Crippen molar-refractivity contribution in [1.29, 1.82) is 0 Å². The molecule has 3 heterocycles. The summed E-state index contributed by atoms with van der Waals surface area (Å²) in [6, 6.07) is 0. The van der Waals surface area contributed by atoms with Crippen LogP contribution in [0.25, 0.3) is 5.82 Å². The highest BCUT2D eigenvalue weighted by Gasteiger charge is 2.15. The second-order valence-corrected chi connectivity index (χ2v) is 5.52. The third kappa shape index (κ3) is 3.03. The summed E-state index contributed by atoms with van der Waals surface area (Å²) in [6.45, 7) is 7.41. The van der Waals surface area contributed by atoms with E-state index in [9.17, 15) is 4.79 Å². The molecule has 0 saturated carbocycles. The monoisotopic (exact) mass is 329 g/mol. The van der Waals surface area contributed by atoms with Crippen molar-refractivity contribution in [2.75, 3.05) is 6.54 Å². The van der Waals surface area contributed by atoms with Gasteiger partial charge in [-0.1, -0.05) is 0 Å². The van der Waals surface area contributed by atoms with Gasteiger partial charge in [0.2, 0.25) is 0 Å². The minimum Gasteiger partial charge on any atom is -0.352 e. The number of nitrogens with one attached hydrogen (secondary N) is 2. The van der Waals surface area contributed by atoms with Crippen LogP contribution in [-0.4, -0.2) is 52.6 Å². The molecule has 3 rings (SSSR count). The lowest BCUT2D eigenvalue weighted by atomic mass is 10.2. The van der Waals surface area contributed by atoms with E-state index in [2.05, 4.69) is 50.0 Å². The molecule has 0 aliphatic rings. The quantitative estimate of drug-likeness (QED) is 0.629. The number of hydrogen-bond acceptors (Lipinski definition) is 6. The van der Waals surface area contributed by atoms with Gasteiger partial charge in [0.15, 0.2) is 5.82 Å². The lowest BCUT2D eigenvalue weighted by Crippen LogP contribution is -2.26. The van der Waals surface area contributed by atoms with Gasteiger partial charge in [0, 0.05) is 18.8 Å². The highest BCUT2D eigenvalue weighted by molar-refractivity contribution is 5.96. The first kappa shape index (κ1) is 15.8. The van der Waals surface area contributed by atoms with Crippen LogP contribution in [-0.2, 0) is 6.54 Å². The fourth-order valence-electron chi connectivity index (χ4n) is 2.41. The molecule has 1 amide bonds. The Balaban J connectivity index is 1.55. The van der Waals surface area contributed by atoms with Gasteiger partial charge in [-0.2, -0.15) is 14.9 Å². The van der Waals surface area contributed by atoms with Gasteiger partial charge in [0.25, 0.3) is 5.91 Å². The van der Waals surface area contributed by atoms with Crippen molar-refractivity contribution >= 4 is 5.91 Å². The Kier molecular flexibility index (Phi) is 4.36. The Bertz CT molecular complexity index is 831. The molecule has 0 aliphatic carbocycles. The van der Waals surface area contributed by atoms with Crippen LogP contribution in [0.2, 0.25) is 0 Å². The number of hydrogen-bond donors (Lipinski definition) is 2. The minimum atomic E-state index is -0.223. The molecule has 0 atom stereocenters. The smallest absolute Gasteiger partial charge is 0.256 e. The molecule has 0 unspecified atom stereocenters. The number of amides is 1. The highest BCUT2D eigenvalue weighted by atomic mass is 16.1. The average molecular weight is 329 g/mol. The Labute approximate surface area is 138 Å². The Morgan fingerprint density at radius 3 is 2.83 bits per heavy atom. The lowest BCUT2D eigenvalue weighted by molar-refractivity contribution is 0.0952. The summed E-state index contributed by atoms with van der Waals surface area (Å²) in [7, 11) is 0. The fourth-order valence-corrected chi connectivity index (χ4v) is 2.41.